The van der Waals surface area contributed by atoms with Crippen molar-refractivity contribution in [3.63, 3.8) is 0 Å². The molecule has 0 aliphatic heterocycles. The Morgan fingerprint density at radius 2 is 1.90 bits per heavy atom. The zero-order chi connectivity index (χ0) is 15.4. The van der Waals surface area contributed by atoms with Gasteiger partial charge in [-0.05, 0) is 24.2 Å². The summed E-state index contributed by atoms with van der Waals surface area (Å²) in [5.41, 5.74) is 5.45. The molecule has 0 spiro atoms. The first-order chi connectivity index (χ1) is 9.12. The summed E-state index contributed by atoms with van der Waals surface area (Å²) in [5.74, 6) is 0.0582. The van der Waals surface area contributed by atoms with Crippen LogP contribution in [-0.2, 0) is 14.8 Å². The fraction of sp³-hybridized carbons (Fsp3) is 0.923. The highest BCUT2D eigenvalue weighted by atomic mass is 35.5. The fourth-order valence-electron chi connectivity index (χ4n) is 1.83. The van der Waals surface area contributed by atoms with Gasteiger partial charge < -0.3 is 11.1 Å². The molecule has 0 aromatic rings. The molecule has 0 aromatic heterocycles. The molecule has 0 saturated heterocycles. The second-order valence-electron chi connectivity index (χ2n) is 6.60. The molecule has 1 fully saturated rings. The summed E-state index contributed by atoms with van der Waals surface area (Å²) in [6.07, 6.45) is 3.38. The van der Waals surface area contributed by atoms with Crippen LogP contribution < -0.4 is 15.8 Å². The molecule has 1 atom stereocenters. The molecule has 1 saturated carbocycles. The topological polar surface area (TPSA) is 101 Å². The van der Waals surface area contributed by atoms with Gasteiger partial charge in [0.25, 0.3) is 0 Å². The van der Waals surface area contributed by atoms with Gasteiger partial charge in [-0.3, -0.25) is 4.79 Å². The number of rotatable bonds is 7. The van der Waals surface area contributed by atoms with E-state index in [-0.39, 0.29) is 36.0 Å². The summed E-state index contributed by atoms with van der Waals surface area (Å²) in [4.78, 5) is 11.7. The average Bonchev–Trinajstić information content (AvgIpc) is 2.23. The number of carbonyl (C=O) groups is 1. The second-order valence-corrected chi connectivity index (χ2v) is 8.53. The molecule has 6 nitrogen and oxygen atoms in total. The molecule has 8 heteroatoms. The summed E-state index contributed by atoms with van der Waals surface area (Å²) in [5, 5.41) is 2.58. The highest BCUT2D eigenvalue weighted by Gasteiger charge is 2.27. The first-order valence-electron chi connectivity index (χ1n) is 7.12. The van der Waals surface area contributed by atoms with E-state index in [2.05, 4.69) is 10.0 Å². The Hall–Kier alpha value is -0.370. The van der Waals surface area contributed by atoms with Crippen LogP contribution in [0.2, 0.25) is 0 Å². The molecule has 1 aliphatic carbocycles. The van der Waals surface area contributed by atoms with Crippen LogP contribution in [0.4, 0.5) is 0 Å². The molecule has 0 unspecified atom stereocenters. The van der Waals surface area contributed by atoms with Gasteiger partial charge in [0, 0.05) is 13.1 Å². The molecule has 4 N–H and O–H groups in total. The van der Waals surface area contributed by atoms with Gasteiger partial charge in [0.2, 0.25) is 15.9 Å². The number of hydrogen-bond acceptors (Lipinski definition) is 4. The second kappa shape index (κ2) is 8.31. The van der Waals surface area contributed by atoms with E-state index in [1.54, 1.807) is 0 Å². The molecule has 1 rings (SSSR count). The number of sulfonamides is 1. The van der Waals surface area contributed by atoms with E-state index < -0.39 is 16.1 Å². The number of nitrogens with two attached hydrogens (primary N) is 1. The number of halogens is 1. The maximum atomic E-state index is 11.7. The van der Waals surface area contributed by atoms with Gasteiger partial charge in [0.15, 0.2) is 0 Å². The van der Waals surface area contributed by atoms with Crippen LogP contribution in [0.1, 0.15) is 40.0 Å². The molecule has 0 aromatic carbocycles. The number of amides is 1. The Morgan fingerprint density at radius 1 is 1.33 bits per heavy atom. The molecule has 0 radical (unpaired) electrons. The minimum Gasteiger partial charge on any atom is -0.354 e. The summed E-state index contributed by atoms with van der Waals surface area (Å²) < 4.78 is 26.0. The quantitative estimate of drug-likeness (QED) is 0.631. The van der Waals surface area contributed by atoms with Crippen molar-refractivity contribution in [2.45, 2.75) is 46.1 Å². The number of hydrogen-bond donors (Lipinski definition) is 3. The summed E-state index contributed by atoms with van der Waals surface area (Å²) >= 11 is 0. The largest absolute Gasteiger partial charge is 0.354 e. The van der Waals surface area contributed by atoms with Crippen molar-refractivity contribution < 1.29 is 13.2 Å². The highest BCUT2D eigenvalue weighted by molar-refractivity contribution is 7.89. The molecular formula is C13H28ClN3O3S. The van der Waals surface area contributed by atoms with Crippen LogP contribution in [0.5, 0.6) is 0 Å². The normalized spacial score (nSPS) is 17.5. The Kier molecular flexibility index (Phi) is 8.17. The van der Waals surface area contributed by atoms with E-state index in [1.807, 2.05) is 20.8 Å². The van der Waals surface area contributed by atoms with E-state index in [9.17, 15) is 13.2 Å². The van der Waals surface area contributed by atoms with E-state index >= 15 is 0 Å². The van der Waals surface area contributed by atoms with Gasteiger partial charge in [-0.1, -0.05) is 27.2 Å². The molecule has 21 heavy (non-hydrogen) atoms. The summed E-state index contributed by atoms with van der Waals surface area (Å²) in [7, 11) is -3.32. The van der Waals surface area contributed by atoms with Crippen LogP contribution >= 0.6 is 12.4 Å². The Bertz CT molecular complexity index is 430. The first-order valence-corrected chi connectivity index (χ1v) is 8.78. The molecular weight excluding hydrogens is 314 g/mol. The average molecular weight is 342 g/mol. The van der Waals surface area contributed by atoms with Gasteiger partial charge in [0.1, 0.15) is 0 Å². The van der Waals surface area contributed by atoms with Crippen molar-refractivity contribution in [1.82, 2.24) is 10.0 Å². The van der Waals surface area contributed by atoms with Crippen molar-refractivity contribution in [1.29, 1.82) is 0 Å². The molecule has 0 bridgehead atoms. The lowest BCUT2D eigenvalue weighted by Crippen LogP contribution is -2.49. The Morgan fingerprint density at radius 3 is 2.33 bits per heavy atom. The Labute approximate surface area is 134 Å². The van der Waals surface area contributed by atoms with E-state index in [0.29, 0.717) is 12.5 Å². The summed E-state index contributed by atoms with van der Waals surface area (Å²) in [6.45, 7) is 6.21. The van der Waals surface area contributed by atoms with Gasteiger partial charge in [-0.2, -0.15) is 0 Å². The predicted octanol–water partition coefficient (Wildman–Crippen LogP) is 0.617. The zero-order valence-electron chi connectivity index (χ0n) is 13.0. The standard InChI is InChI=1S/C13H27N3O3S.ClH/c1-13(2,3)11(14)12(17)15-7-8-20(18,19)16-9-10-5-4-6-10;/h10-11,16H,4-9,14H2,1-3H3,(H,15,17);1H/t11-;/m1./s1. The first kappa shape index (κ1) is 20.6. The highest BCUT2D eigenvalue weighted by Crippen LogP contribution is 2.25. The van der Waals surface area contributed by atoms with Crippen LogP contribution in [-0.4, -0.2) is 39.2 Å². The maximum Gasteiger partial charge on any atom is 0.237 e. The van der Waals surface area contributed by atoms with Gasteiger partial charge in [-0.15, -0.1) is 12.4 Å². The lowest BCUT2D eigenvalue weighted by molar-refractivity contribution is -0.124. The minimum absolute atomic E-state index is 0. The van der Waals surface area contributed by atoms with Crippen molar-refractivity contribution in [3.8, 4) is 0 Å². The van der Waals surface area contributed by atoms with Crippen LogP contribution in [0.3, 0.4) is 0 Å². The SMILES string of the molecule is CC(C)(C)[C@H](N)C(=O)NCCS(=O)(=O)NCC1CCC1.Cl. The molecule has 0 heterocycles. The van der Waals surface area contributed by atoms with Crippen molar-refractivity contribution in [2.75, 3.05) is 18.8 Å². The molecule has 126 valence electrons. The molecule has 1 amide bonds. The van der Waals surface area contributed by atoms with Gasteiger partial charge >= 0.3 is 0 Å². The van der Waals surface area contributed by atoms with Crippen LogP contribution in [0.15, 0.2) is 0 Å². The van der Waals surface area contributed by atoms with Crippen molar-refractivity contribution in [2.24, 2.45) is 17.1 Å². The van der Waals surface area contributed by atoms with E-state index in [0.717, 1.165) is 12.8 Å². The Balaban J connectivity index is 0.00000400. The van der Waals surface area contributed by atoms with Crippen molar-refractivity contribution in [3.05, 3.63) is 0 Å². The van der Waals surface area contributed by atoms with Gasteiger partial charge in [-0.25, -0.2) is 13.1 Å². The van der Waals surface area contributed by atoms with E-state index in [1.165, 1.54) is 6.42 Å². The smallest absolute Gasteiger partial charge is 0.237 e. The maximum absolute atomic E-state index is 11.7. The fourth-order valence-corrected chi connectivity index (χ4v) is 2.83. The molecule has 1 aliphatic rings. The van der Waals surface area contributed by atoms with Crippen LogP contribution in [0, 0.1) is 11.3 Å². The summed E-state index contributed by atoms with van der Waals surface area (Å²) in [6, 6.07) is -0.645. The zero-order valence-corrected chi connectivity index (χ0v) is 14.6. The third-order valence-corrected chi connectivity index (χ3v) is 5.05. The number of nitrogens with one attached hydrogen (secondary N) is 2. The third-order valence-electron chi connectivity index (χ3n) is 3.70. The predicted molar refractivity (Wildman–Crippen MR) is 86.8 cm³/mol. The number of carbonyl (C=O) groups excluding carboxylic acids is 1. The van der Waals surface area contributed by atoms with E-state index in [4.69, 9.17) is 5.73 Å². The lowest BCUT2D eigenvalue weighted by atomic mass is 9.86. The van der Waals surface area contributed by atoms with Crippen molar-refractivity contribution >= 4 is 28.3 Å². The monoisotopic (exact) mass is 341 g/mol. The lowest BCUT2D eigenvalue weighted by Gasteiger charge is -2.26. The van der Waals surface area contributed by atoms with Gasteiger partial charge in [0.05, 0.1) is 11.8 Å². The minimum atomic E-state index is -3.32. The third kappa shape index (κ3) is 7.44. The van der Waals surface area contributed by atoms with Crippen LogP contribution in [0.25, 0.3) is 0 Å².